The summed E-state index contributed by atoms with van der Waals surface area (Å²) in [5.41, 5.74) is 1.18. The van der Waals surface area contributed by atoms with Crippen LogP contribution in [0.5, 0.6) is 0 Å². The van der Waals surface area contributed by atoms with Gasteiger partial charge in [0.2, 0.25) is 0 Å². The first-order valence-electron chi connectivity index (χ1n) is 7.53. The average Bonchev–Trinajstić information content (AvgIpc) is 3.08. The fourth-order valence-corrected chi connectivity index (χ4v) is 2.93. The summed E-state index contributed by atoms with van der Waals surface area (Å²) in [5, 5.41) is 0. The molecule has 0 radical (unpaired) electrons. The van der Waals surface area contributed by atoms with Gasteiger partial charge >= 0.3 is 0 Å². The molecule has 1 fully saturated rings. The van der Waals surface area contributed by atoms with Crippen molar-refractivity contribution in [2.24, 2.45) is 0 Å². The fourth-order valence-electron chi connectivity index (χ4n) is 2.93. The molecule has 0 unspecified atom stereocenters. The molecule has 0 saturated carbocycles. The van der Waals surface area contributed by atoms with Crippen molar-refractivity contribution in [2.45, 2.75) is 18.8 Å². The van der Waals surface area contributed by atoms with Crippen LogP contribution in [0.3, 0.4) is 0 Å². The molecule has 0 bridgehead atoms. The smallest absolute Gasteiger partial charge is 0.138 e. The highest BCUT2D eigenvalue weighted by Gasteiger charge is 2.22. The molecular formula is C16H22N4O. The minimum absolute atomic E-state index is 0.513. The molecule has 5 heteroatoms. The fraction of sp³-hybridized carbons (Fsp3) is 0.500. The van der Waals surface area contributed by atoms with Crippen LogP contribution in [0.4, 0.5) is 0 Å². The van der Waals surface area contributed by atoms with Crippen LogP contribution in [0.15, 0.2) is 36.9 Å². The first-order chi connectivity index (χ1) is 10.4. The van der Waals surface area contributed by atoms with Gasteiger partial charge in [0.25, 0.3) is 0 Å². The maximum Gasteiger partial charge on any atom is 0.138 e. The van der Waals surface area contributed by atoms with E-state index in [2.05, 4.69) is 22.0 Å². The molecule has 1 saturated heterocycles. The Morgan fingerprint density at radius 3 is 3.14 bits per heavy atom. The highest BCUT2D eigenvalue weighted by atomic mass is 16.5. The van der Waals surface area contributed by atoms with Crippen molar-refractivity contribution in [3.63, 3.8) is 0 Å². The van der Waals surface area contributed by atoms with Gasteiger partial charge in [-0.1, -0.05) is 6.07 Å². The monoisotopic (exact) mass is 286 g/mol. The maximum atomic E-state index is 5.19. The summed E-state index contributed by atoms with van der Waals surface area (Å²) < 4.78 is 7.14. The Balaban J connectivity index is 1.72. The van der Waals surface area contributed by atoms with E-state index < -0.39 is 0 Å². The first kappa shape index (κ1) is 14.2. The Labute approximate surface area is 125 Å². The molecule has 5 nitrogen and oxygen atoms in total. The van der Waals surface area contributed by atoms with Crippen LogP contribution in [0.2, 0.25) is 0 Å². The zero-order valence-corrected chi connectivity index (χ0v) is 12.5. The molecule has 1 atom stereocenters. The van der Waals surface area contributed by atoms with E-state index in [1.807, 2.05) is 16.8 Å². The van der Waals surface area contributed by atoms with E-state index in [1.165, 1.54) is 25.1 Å². The number of nitrogens with zero attached hydrogens (tertiary/aromatic N) is 4. The van der Waals surface area contributed by atoms with Crippen LogP contribution >= 0.6 is 0 Å². The second kappa shape index (κ2) is 6.83. The quantitative estimate of drug-likeness (QED) is 0.844. The second-order valence-electron chi connectivity index (χ2n) is 5.52. The predicted octanol–water partition coefficient (Wildman–Crippen LogP) is 2.09. The lowest BCUT2D eigenvalue weighted by molar-refractivity contribution is 0.127. The Morgan fingerprint density at radius 2 is 2.33 bits per heavy atom. The summed E-state index contributed by atoms with van der Waals surface area (Å²) in [6, 6.07) is 6.26. The highest BCUT2D eigenvalue weighted by molar-refractivity contribution is 5.26. The summed E-state index contributed by atoms with van der Waals surface area (Å²) in [6.07, 6.45) is 7.94. The number of hydrogen-bond acceptors (Lipinski definition) is 4. The molecule has 21 heavy (non-hydrogen) atoms. The van der Waals surface area contributed by atoms with E-state index in [-0.39, 0.29) is 0 Å². The predicted molar refractivity (Wildman–Crippen MR) is 81.7 cm³/mol. The Kier molecular flexibility index (Phi) is 4.62. The van der Waals surface area contributed by atoms with E-state index in [0.717, 1.165) is 25.5 Å². The van der Waals surface area contributed by atoms with Crippen LogP contribution in [0, 0.1) is 0 Å². The lowest BCUT2D eigenvalue weighted by Gasteiger charge is -2.32. The van der Waals surface area contributed by atoms with Gasteiger partial charge in [-0.05, 0) is 31.5 Å². The van der Waals surface area contributed by atoms with Gasteiger partial charge in [-0.3, -0.25) is 4.57 Å². The minimum atomic E-state index is 0.513. The Bertz CT molecular complexity index is 555. The molecule has 2 aromatic heterocycles. The van der Waals surface area contributed by atoms with Crippen molar-refractivity contribution in [1.29, 1.82) is 0 Å². The largest absolute Gasteiger partial charge is 0.383 e. The van der Waals surface area contributed by atoms with E-state index in [4.69, 9.17) is 9.72 Å². The van der Waals surface area contributed by atoms with Crippen LogP contribution in [-0.2, 0) is 4.74 Å². The third-order valence-corrected chi connectivity index (χ3v) is 4.06. The molecule has 112 valence electrons. The highest BCUT2D eigenvalue weighted by Crippen LogP contribution is 2.26. The van der Waals surface area contributed by atoms with Crippen molar-refractivity contribution in [3.05, 3.63) is 42.6 Å². The van der Waals surface area contributed by atoms with Gasteiger partial charge in [-0.2, -0.15) is 0 Å². The number of piperidine rings is 1. The van der Waals surface area contributed by atoms with E-state index in [1.54, 1.807) is 19.6 Å². The van der Waals surface area contributed by atoms with Gasteiger partial charge in [-0.25, -0.2) is 9.97 Å². The number of hydrogen-bond donors (Lipinski definition) is 0. The molecule has 3 heterocycles. The standard InChI is InChI=1S/C16H22N4O/c1-21-11-10-19-8-3-4-14(12-19)15-5-2-6-16(18-15)20-9-7-17-13-20/h2,5-7,9,13-14H,3-4,8,10-12H2,1H3/t14-/m0/s1. The summed E-state index contributed by atoms with van der Waals surface area (Å²) in [6.45, 7) is 4.05. The zero-order chi connectivity index (χ0) is 14.5. The van der Waals surface area contributed by atoms with E-state index >= 15 is 0 Å². The summed E-state index contributed by atoms with van der Waals surface area (Å²) >= 11 is 0. The molecule has 1 aliphatic rings. The average molecular weight is 286 g/mol. The SMILES string of the molecule is COCCN1CCC[C@H](c2cccc(-n3ccnc3)n2)C1. The van der Waals surface area contributed by atoms with Crippen molar-refractivity contribution >= 4 is 0 Å². The van der Waals surface area contributed by atoms with Crippen LogP contribution < -0.4 is 0 Å². The van der Waals surface area contributed by atoms with Crippen LogP contribution in [0.1, 0.15) is 24.5 Å². The Hall–Kier alpha value is -1.72. The minimum Gasteiger partial charge on any atom is -0.383 e. The van der Waals surface area contributed by atoms with Crippen molar-refractivity contribution in [1.82, 2.24) is 19.4 Å². The van der Waals surface area contributed by atoms with Crippen LogP contribution in [0.25, 0.3) is 5.82 Å². The molecule has 0 amide bonds. The lowest BCUT2D eigenvalue weighted by Crippen LogP contribution is -2.36. The zero-order valence-electron chi connectivity index (χ0n) is 12.5. The van der Waals surface area contributed by atoms with Gasteiger partial charge in [-0.15, -0.1) is 0 Å². The Morgan fingerprint density at radius 1 is 1.38 bits per heavy atom. The van der Waals surface area contributed by atoms with Gasteiger partial charge in [0.05, 0.1) is 6.61 Å². The number of imidazole rings is 1. The lowest BCUT2D eigenvalue weighted by atomic mass is 9.94. The second-order valence-corrected chi connectivity index (χ2v) is 5.52. The number of aromatic nitrogens is 3. The summed E-state index contributed by atoms with van der Waals surface area (Å²) in [7, 11) is 1.76. The van der Waals surface area contributed by atoms with Crippen molar-refractivity contribution in [3.8, 4) is 5.82 Å². The van der Waals surface area contributed by atoms with Gasteiger partial charge in [0.15, 0.2) is 0 Å². The summed E-state index contributed by atoms with van der Waals surface area (Å²) in [5.74, 6) is 1.46. The number of pyridine rings is 1. The number of methoxy groups -OCH3 is 1. The first-order valence-corrected chi connectivity index (χ1v) is 7.53. The molecule has 0 N–H and O–H groups in total. The van der Waals surface area contributed by atoms with E-state index in [0.29, 0.717) is 5.92 Å². The van der Waals surface area contributed by atoms with Gasteiger partial charge in [0, 0.05) is 44.2 Å². The third-order valence-electron chi connectivity index (χ3n) is 4.06. The molecule has 0 spiro atoms. The number of rotatable bonds is 5. The molecule has 1 aliphatic heterocycles. The normalized spacial score (nSPS) is 19.8. The molecule has 0 aliphatic carbocycles. The molecule has 2 aromatic rings. The number of likely N-dealkylation sites (tertiary alicyclic amines) is 1. The summed E-state index contributed by atoms with van der Waals surface area (Å²) in [4.78, 5) is 11.4. The topological polar surface area (TPSA) is 43.2 Å². The molecular weight excluding hydrogens is 264 g/mol. The van der Waals surface area contributed by atoms with Gasteiger partial charge < -0.3 is 9.64 Å². The van der Waals surface area contributed by atoms with E-state index in [9.17, 15) is 0 Å². The third kappa shape index (κ3) is 3.49. The maximum absolute atomic E-state index is 5.19. The molecule has 0 aromatic carbocycles. The molecule has 3 rings (SSSR count). The number of ether oxygens (including phenoxy) is 1. The van der Waals surface area contributed by atoms with Gasteiger partial charge in [0.1, 0.15) is 12.1 Å². The van der Waals surface area contributed by atoms with Crippen LogP contribution in [-0.4, -0.2) is 52.8 Å². The van der Waals surface area contributed by atoms with Crippen molar-refractivity contribution in [2.75, 3.05) is 33.4 Å². The van der Waals surface area contributed by atoms with Crippen molar-refractivity contribution < 1.29 is 4.74 Å².